The number of methoxy groups -OCH3 is 2. The van der Waals surface area contributed by atoms with Gasteiger partial charge in [0.15, 0.2) is 0 Å². The number of ether oxygens (including phenoxy) is 3. The summed E-state index contributed by atoms with van der Waals surface area (Å²) in [5.41, 5.74) is 1.05. The first-order chi connectivity index (χ1) is 12.8. The van der Waals surface area contributed by atoms with Crippen molar-refractivity contribution in [2.75, 3.05) is 44.5 Å². The molecule has 0 bridgehead atoms. The molecule has 0 spiro atoms. The predicted octanol–water partition coefficient (Wildman–Crippen LogP) is 1.72. The van der Waals surface area contributed by atoms with E-state index in [0.29, 0.717) is 30.2 Å². The fourth-order valence-corrected chi connectivity index (χ4v) is 3.15. The van der Waals surface area contributed by atoms with Gasteiger partial charge in [-0.15, -0.1) is 0 Å². The van der Waals surface area contributed by atoms with Crippen molar-refractivity contribution in [1.82, 2.24) is 4.90 Å². The average Bonchev–Trinajstić information content (AvgIpc) is 2.60. The molecule has 0 aromatic heterocycles. The van der Waals surface area contributed by atoms with E-state index in [2.05, 4.69) is 15.5 Å². The Hall–Kier alpha value is -2.16. The fourth-order valence-electron chi connectivity index (χ4n) is 3.15. The first-order valence-corrected chi connectivity index (χ1v) is 9.01. The van der Waals surface area contributed by atoms with Crippen LogP contribution in [0, 0.1) is 0 Å². The van der Waals surface area contributed by atoms with Gasteiger partial charge in [0, 0.05) is 25.9 Å². The number of hydrogen-bond acceptors (Lipinski definition) is 6. The Morgan fingerprint density at radius 3 is 2.48 bits per heavy atom. The highest BCUT2D eigenvalue weighted by Crippen LogP contribution is 2.28. The highest BCUT2D eigenvalue weighted by Gasteiger charge is 2.29. The molecule has 1 heterocycles. The quantitative estimate of drug-likeness (QED) is 0.750. The van der Waals surface area contributed by atoms with E-state index >= 15 is 0 Å². The summed E-state index contributed by atoms with van der Waals surface area (Å²) < 4.78 is 15.8. The molecular formula is C19H29N3O5. The van der Waals surface area contributed by atoms with Crippen LogP contribution >= 0.6 is 0 Å². The molecule has 3 atom stereocenters. The Morgan fingerprint density at radius 2 is 1.89 bits per heavy atom. The number of morpholine rings is 1. The summed E-state index contributed by atoms with van der Waals surface area (Å²) in [6, 6.07) is 4.80. The molecule has 0 radical (unpaired) electrons. The van der Waals surface area contributed by atoms with Crippen LogP contribution in [0.25, 0.3) is 0 Å². The third-order valence-corrected chi connectivity index (χ3v) is 4.39. The molecule has 1 aromatic rings. The van der Waals surface area contributed by atoms with Crippen molar-refractivity contribution in [2.24, 2.45) is 0 Å². The van der Waals surface area contributed by atoms with E-state index in [1.165, 1.54) is 14.2 Å². The van der Waals surface area contributed by atoms with Gasteiger partial charge in [-0.05, 0) is 39.0 Å². The van der Waals surface area contributed by atoms with E-state index in [-0.39, 0.29) is 36.7 Å². The summed E-state index contributed by atoms with van der Waals surface area (Å²) in [6.45, 7) is 7.24. The van der Waals surface area contributed by atoms with Crippen molar-refractivity contribution in [3.8, 4) is 5.75 Å². The second-order valence-corrected chi connectivity index (χ2v) is 6.77. The monoisotopic (exact) mass is 379 g/mol. The molecule has 150 valence electrons. The summed E-state index contributed by atoms with van der Waals surface area (Å²) >= 11 is 0. The number of amides is 2. The molecule has 0 aliphatic carbocycles. The molecule has 1 aromatic carbocycles. The van der Waals surface area contributed by atoms with Crippen molar-refractivity contribution in [3.63, 3.8) is 0 Å². The van der Waals surface area contributed by atoms with E-state index < -0.39 is 0 Å². The summed E-state index contributed by atoms with van der Waals surface area (Å²) in [7, 11) is 2.96. The molecule has 2 N–H and O–H groups in total. The zero-order valence-electron chi connectivity index (χ0n) is 16.6. The van der Waals surface area contributed by atoms with Gasteiger partial charge in [-0.3, -0.25) is 14.5 Å². The maximum absolute atomic E-state index is 12.7. The molecule has 2 rings (SSSR count). The first-order valence-electron chi connectivity index (χ1n) is 9.01. The average molecular weight is 379 g/mol. The van der Waals surface area contributed by atoms with Gasteiger partial charge < -0.3 is 24.8 Å². The van der Waals surface area contributed by atoms with Crippen LogP contribution < -0.4 is 15.4 Å². The van der Waals surface area contributed by atoms with Gasteiger partial charge in [-0.25, -0.2) is 0 Å². The van der Waals surface area contributed by atoms with Crippen molar-refractivity contribution in [3.05, 3.63) is 18.2 Å². The maximum atomic E-state index is 12.7. The Morgan fingerprint density at radius 1 is 1.22 bits per heavy atom. The van der Waals surface area contributed by atoms with Crippen molar-refractivity contribution >= 4 is 23.2 Å². The number of carbonyl (C=O) groups is 2. The minimum atomic E-state index is -0.302. The number of nitrogens with zero attached hydrogens (tertiary/aromatic N) is 1. The summed E-state index contributed by atoms with van der Waals surface area (Å²) in [5, 5.41) is 5.62. The lowest BCUT2D eigenvalue weighted by Gasteiger charge is -2.38. The minimum absolute atomic E-state index is 0.0653. The smallest absolute Gasteiger partial charge is 0.250 e. The molecule has 0 saturated carbocycles. The van der Waals surface area contributed by atoms with Crippen LogP contribution in [-0.2, 0) is 19.1 Å². The number of nitrogens with one attached hydrogen (secondary N) is 2. The molecule has 8 heteroatoms. The van der Waals surface area contributed by atoms with Crippen LogP contribution in [-0.4, -0.2) is 68.9 Å². The number of benzene rings is 1. The predicted molar refractivity (Wildman–Crippen MR) is 103 cm³/mol. The fraction of sp³-hybridized carbons (Fsp3) is 0.579. The van der Waals surface area contributed by atoms with Crippen molar-refractivity contribution in [1.29, 1.82) is 0 Å². The number of carbonyl (C=O) groups excluding carboxylic acids is 2. The third kappa shape index (κ3) is 5.92. The molecule has 1 aliphatic heterocycles. The number of hydrogen-bond donors (Lipinski definition) is 2. The Kier molecular flexibility index (Phi) is 7.58. The van der Waals surface area contributed by atoms with Crippen LogP contribution in [0.1, 0.15) is 20.8 Å². The van der Waals surface area contributed by atoms with Crippen molar-refractivity contribution in [2.45, 2.75) is 39.0 Å². The van der Waals surface area contributed by atoms with E-state index in [0.717, 1.165) is 0 Å². The Bertz CT molecular complexity index is 657. The van der Waals surface area contributed by atoms with Gasteiger partial charge in [0.05, 0.1) is 31.0 Å². The van der Waals surface area contributed by atoms with Gasteiger partial charge in [0.2, 0.25) is 11.8 Å². The number of rotatable bonds is 7. The van der Waals surface area contributed by atoms with E-state index in [1.807, 2.05) is 20.8 Å². The second kappa shape index (κ2) is 9.68. The molecule has 1 fully saturated rings. The van der Waals surface area contributed by atoms with Crippen LogP contribution in [0.3, 0.4) is 0 Å². The first kappa shape index (κ1) is 21.1. The SMILES string of the molecule is COCC(=O)Nc1cc(NC(=O)C(C)N2C[C@@H](C)O[C@@H](C)C2)ccc1OC. The topological polar surface area (TPSA) is 89.1 Å². The largest absolute Gasteiger partial charge is 0.495 e. The second-order valence-electron chi connectivity index (χ2n) is 6.77. The summed E-state index contributed by atoms with van der Waals surface area (Å²) in [5.74, 6) is 0.0842. The van der Waals surface area contributed by atoms with Crippen LogP contribution in [0.15, 0.2) is 18.2 Å². The molecule has 1 saturated heterocycles. The van der Waals surface area contributed by atoms with Gasteiger partial charge in [0.25, 0.3) is 0 Å². The summed E-state index contributed by atoms with van der Waals surface area (Å²) in [6.07, 6.45) is 0.181. The normalized spacial score (nSPS) is 21.4. The van der Waals surface area contributed by atoms with Gasteiger partial charge in [0.1, 0.15) is 12.4 Å². The van der Waals surface area contributed by atoms with E-state index in [4.69, 9.17) is 14.2 Å². The summed E-state index contributed by atoms with van der Waals surface area (Å²) in [4.78, 5) is 26.6. The van der Waals surface area contributed by atoms with Crippen LogP contribution in [0.2, 0.25) is 0 Å². The van der Waals surface area contributed by atoms with Crippen LogP contribution in [0.4, 0.5) is 11.4 Å². The molecule has 1 unspecified atom stereocenters. The Balaban J connectivity index is 2.07. The molecule has 2 amide bonds. The highest BCUT2D eigenvalue weighted by molar-refractivity contribution is 5.97. The van der Waals surface area contributed by atoms with Gasteiger partial charge in [-0.1, -0.05) is 0 Å². The van der Waals surface area contributed by atoms with Gasteiger partial charge in [-0.2, -0.15) is 0 Å². The maximum Gasteiger partial charge on any atom is 0.250 e. The Labute approximate surface area is 160 Å². The standard InChI is InChI=1S/C19H29N3O5/c1-12-9-22(10-13(2)27-12)14(3)19(24)20-15-6-7-17(26-5)16(8-15)21-18(23)11-25-4/h6-8,12-14H,9-11H2,1-5H3,(H,20,24)(H,21,23)/t12-,13+,14?. The number of anilines is 2. The molecule has 8 nitrogen and oxygen atoms in total. The molecule has 27 heavy (non-hydrogen) atoms. The zero-order chi connectivity index (χ0) is 20.0. The highest BCUT2D eigenvalue weighted by atomic mass is 16.5. The lowest BCUT2D eigenvalue weighted by Crippen LogP contribution is -2.52. The lowest BCUT2D eigenvalue weighted by atomic mass is 10.1. The van der Waals surface area contributed by atoms with E-state index in [1.54, 1.807) is 18.2 Å². The van der Waals surface area contributed by atoms with Crippen molar-refractivity contribution < 1.29 is 23.8 Å². The zero-order valence-corrected chi connectivity index (χ0v) is 16.6. The van der Waals surface area contributed by atoms with E-state index in [9.17, 15) is 9.59 Å². The minimum Gasteiger partial charge on any atom is -0.495 e. The lowest BCUT2D eigenvalue weighted by molar-refractivity contribution is -0.127. The molecule has 1 aliphatic rings. The third-order valence-electron chi connectivity index (χ3n) is 4.39. The van der Waals surface area contributed by atoms with Crippen LogP contribution in [0.5, 0.6) is 5.75 Å². The van der Waals surface area contributed by atoms with Gasteiger partial charge >= 0.3 is 0 Å². The molecular weight excluding hydrogens is 350 g/mol.